The molecule has 0 aliphatic heterocycles. The molecule has 0 N–H and O–H groups in total. The lowest BCUT2D eigenvalue weighted by atomic mass is 10.0. The van der Waals surface area contributed by atoms with Crippen LogP contribution in [-0.4, -0.2) is 22.6 Å². The lowest BCUT2D eigenvalue weighted by Gasteiger charge is -2.10. The maximum Gasteiger partial charge on any atom is 0.339 e. The summed E-state index contributed by atoms with van der Waals surface area (Å²) in [5, 5.41) is 9.16. The van der Waals surface area contributed by atoms with Crippen molar-refractivity contribution in [2.24, 2.45) is 0 Å². The molecule has 106 valence electrons. The molecule has 0 atom stereocenters. The van der Waals surface area contributed by atoms with Gasteiger partial charge in [-0.2, -0.15) is 5.26 Å². The van der Waals surface area contributed by atoms with Gasteiger partial charge >= 0.3 is 5.97 Å². The van der Waals surface area contributed by atoms with Crippen LogP contribution in [0.3, 0.4) is 0 Å². The van der Waals surface area contributed by atoms with Gasteiger partial charge in [-0.1, -0.05) is 0 Å². The van der Waals surface area contributed by atoms with E-state index in [0.717, 1.165) is 16.9 Å². The van der Waals surface area contributed by atoms with Gasteiger partial charge in [0.15, 0.2) is 0 Å². The molecular weight excluding hydrogens is 266 g/mol. The summed E-state index contributed by atoms with van der Waals surface area (Å²) in [7, 11) is 1.31. The summed E-state index contributed by atoms with van der Waals surface area (Å²) in [6.07, 6.45) is 6.13. The van der Waals surface area contributed by atoms with E-state index in [2.05, 4.69) is 4.98 Å². The molecule has 0 saturated heterocycles. The quantitative estimate of drug-likeness (QED) is 0.811. The van der Waals surface area contributed by atoms with Crippen molar-refractivity contribution >= 4 is 5.97 Å². The first-order chi connectivity index (χ1) is 10.1. The van der Waals surface area contributed by atoms with Crippen LogP contribution >= 0.6 is 0 Å². The second-order valence-electron chi connectivity index (χ2n) is 5.27. The maximum atomic E-state index is 11.8. The van der Waals surface area contributed by atoms with E-state index < -0.39 is 5.97 Å². The smallest absolute Gasteiger partial charge is 0.339 e. The zero-order chi connectivity index (χ0) is 15.0. The topological polar surface area (TPSA) is 67.9 Å². The number of ether oxygens (including phenoxy) is 1. The minimum Gasteiger partial charge on any atom is -0.465 e. The lowest BCUT2D eigenvalue weighted by Crippen LogP contribution is -2.07. The third kappa shape index (κ3) is 2.40. The number of hydrogen-bond donors (Lipinski definition) is 0. The number of esters is 1. The Morgan fingerprint density at radius 2 is 2.24 bits per heavy atom. The van der Waals surface area contributed by atoms with Crippen molar-refractivity contribution in [1.29, 1.82) is 5.26 Å². The highest BCUT2D eigenvalue weighted by molar-refractivity contribution is 5.93. The van der Waals surface area contributed by atoms with E-state index in [-0.39, 0.29) is 5.56 Å². The third-order valence-corrected chi connectivity index (χ3v) is 3.74. The number of rotatable bonds is 3. The van der Waals surface area contributed by atoms with Crippen molar-refractivity contribution in [2.45, 2.75) is 25.7 Å². The Kier molecular flexibility index (Phi) is 3.22. The van der Waals surface area contributed by atoms with Crippen LogP contribution in [0.15, 0.2) is 24.7 Å². The molecule has 0 unspecified atom stereocenters. The number of aromatic nitrogens is 2. The molecule has 0 spiro atoms. The third-order valence-electron chi connectivity index (χ3n) is 3.74. The molecule has 3 rings (SSSR count). The first-order valence-corrected chi connectivity index (χ1v) is 6.81. The number of aryl methyl sites for hydroxylation is 1. The SMILES string of the molecule is COC(=O)c1cc(-n2cnc(C3CC3)c2)c(C)cc1C#N. The number of methoxy groups -OCH3 is 1. The Labute approximate surface area is 122 Å². The molecule has 0 radical (unpaired) electrons. The zero-order valence-corrected chi connectivity index (χ0v) is 12.0. The highest BCUT2D eigenvalue weighted by atomic mass is 16.5. The summed E-state index contributed by atoms with van der Waals surface area (Å²) < 4.78 is 6.65. The standard InChI is InChI=1S/C16H15N3O2/c1-10-5-12(7-17)13(16(20)21-2)6-15(10)19-8-14(18-9-19)11-3-4-11/h5-6,8-9,11H,3-4H2,1-2H3. The molecule has 1 aromatic heterocycles. The van der Waals surface area contributed by atoms with E-state index in [9.17, 15) is 4.79 Å². The predicted octanol–water partition coefficient (Wildman–Crippen LogP) is 2.72. The molecule has 1 saturated carbocycles. The number of carbonyl (C=O) groups excluding carboxylic acids is 1. The summed E-state index contributed by atoms with van der Waals surface area (Å²) in [6, 6.07) is 5.44. The van der Waals surface area contributed by atoms with E-state index in [1.54, 1.807) is 18.5 Å². The fraction of sp³-hybridized carbons (Fsp3) is 0.312. The average molecular weight is 281 g/mol. The Morgan fingerprint density at radius 1 is 1.48 bits per heavy atom. The van der Waals surface area contributed by atoms with E-state index in [1.807, 2.05) is 23.8 Å². The first kappa shape index (κ1) is 13.4. The molecule has 1 fully saturated rings. The van der Waals surface area contributed by atoms with Gasteiger partial charge in [-0.25, -0.2) is 9.78 Å². The zero-order valence-electron chi connectivity index (χ0n) is 12.0. The molecule has 5 nitrogen and oxygen atoms in total. The Hall–Kier alpha value is -2.61. The van der Waals surface area contributed by atoms with Crippen LogP contribution < -0.4 is 0 Å². The van der Waals surface area contributed by atoms with Crippen molar-refractivity contribution in [3.05, 3.63) is 47.0 Å². The number of nitrogens with zero attached hydrogens (tertiary/aromatic N) is 3. The Balaban J connectivity index is 2.08. The summed E-state index contributed by atoms with van der Waals surface area (Å²) in [6.45, 7) is 1.91. The number of hydrogen-bond acceptors (Lipinski definition) is 4. The van der Waals surface area contributed by atoms with Crippen LogP contribution in [0, 0.1) is 18.3 Å². The van der Waals surface area contributed by atoms with Crippen LogP contribution in [0.5, 0.6) is 0 Å². The molecule has 21 heavy (non-hydrogen) atoms. The lowest BCUT2D eigenvalue weighted by molar-refractivity contribution is 0.0600. The minimum absolute atomic E-state index is 0.280. The van der Waals surface area contributed by atoms with Gasteiger partial charge in [-0.15, -0.1) is 0 Å². The van der Waals surface area contributed by atoms with Gasteiger partial charge in [-0.05, 0) is 37.5 Å². The highest BCUT2D eigenvalue weighted by Gasteiger charge is 2.26. The molecule has 0 amide bonds. The number of carbonyl (C=O) groups is 1. The van der Waals surface area contributed by atoms with Gasteiger partial charge in [0.25, 0.3) is 0 Å². The summed E-state index contributed by atoms with van der Waals surface area (Å²) >= 11 is 0. The summed E-state index contributed by atoms with van der Waals surface area (Å²) in [4.78, 5) is 16.2. The van der Waals surface area contributed by atoms with E-state index in [4.69, 9.17) is 10.00 Å². The summed E-state index contributed by atoms with van der Waals surface area (Å²) in [5.74, 6) is 0.0698. The molecule has 5 heteroatoms. The van der Waals surface area contributed by atoms with Crippen LogP contribution in [0.1, 0.15) is 45.9 Å². The van der Waals surface area contributed by atoms with Crippen LogP contribution in [0.4, 0.5) is 0 Å². The monoisotopic (exact) mass is 281 g/mol. The molecular formula is C16H15N3O2. The van der Waals surface area contributed by atoms with Gasteiger partial charge in [0.2, 0.25) is 0 Å². The Morgan fingerprint density at radius 3 is 2.86 bits per heavy atom. The molecule has 1 aliphatic rings. The van der Waals surface area contributed by atoms with Crippen molar-refractivity contribution in [1.82, 2.24) is 9.55 Å². The summed E-state index contributed by atoms with van der Waals surface area (Å²) in [5.41, 5.74) is 3.44. The van der Waals surface area contributed by atoms with Crippen molar-refractivity contribution in [3.63, 3.8) is 0 Å². The van der Waals surface area contributed by atoms with Crippen LogP contribution in [0.25, 0.3) is 5.69 Å². The van der Waals surface area contributed by atoms with Crippen LogP contribution in [0.2, 0.25) is 0 Å². The van der Waals surface area contributed by atoms with Gasteiger partial charge in [-0.3, -0.25) is 0 Å². The predicted molar refractivity (Wildman–Crippen MR) is 76.3 cm³/mol. The van der Waals surface area contributed by atoms with E-state index >= 15 is 0 Å². The molecule has 1 heterocycles. The molecule has 0 bridgehead atoms. The van der Waals surface area contributed by atoms with Gasteiger partial charge in [0, 0.05) is 12.1 Å². The number of imidazole rings is 1. The second kappa shape index (κ2) is 5.06. The highest BCUT2D eigenvalue weighted by Crippen LogP contribution is 2.39. The van der Waals surface area contributed by atoms with Crippen molar-refractivity contribution in [2.75, 3.05) is 7.11 Å². The van der Waals surface area contributed by atoms with E-state index in [0.29, 0.717) is 11.5 Å². The van der Waals surface area contributed by atoms with Gasteiger partial charge < -0.3 is 9.30 Å². The van der Waals surface area contributed by atoms with Gasteiger partial charge in [0.1, 0.15) is 6.07 Å². The fourth-order valence-electron chi connectivity index (χ4n) is 2.41. The minimum atomic E-state index is -0.504. The fourth-order valence-corrected chi connectivity index (χ4v) is 2.41. The van der Waals surface area contributed by atoms with Crippen LogP contribution in [-0.2, 0) is 4.74 Å². The Bertz CT molecular complexity index is 751. The molecule has 1 aliphatic carbocycles. The normalized spacial score (nSPS) is 13.8. The van der Waals surface area contributed by atoms with E-state index in [1.165, 1.54) is 20.0 Å². The number of benzene rings is 1. The molecule has 1 aromatic carbocycles. The largest absolute Gasteiger partial charge is 0.465 e. The first-order valence-electron chi connectivity index (χ1n) is 6.81. The average Bonchev–Trinajstić information content (AvgIpc) is 3.24. The number of nitriles is 1. The second-order valence-corrected chi connectivity index (χ2v) is 5.27. The maximum absolute atomic E-state index is 11.8. The van der Waals surface area contributed by atoms with Gasteiger partial charge in [0.05, 0.1) is 35.9 Å². The van der Waals surface area contributed by atoms with Crippen molar-refractivity contribution < 1.29 is 9.53 Å². The van der Waals surface area contributed by atoms with Crippen molar-refractivity contribution in [3.8, 4) is 11.8 Å². The molecule has 2 aromatic rings.